The standard InChI is InChI=1S/C26H34O5/c1-3-4-23-5-7-24(8-6-23)9-10-25-11-13-26(14-12-25)31-22-21-30-20-19-29-18-17-28-16-15-27-2/h3-14H,15-22H2,1-2H3. The van der Waals surface area contributed by atoms with Crippen molar-refractivity contribution >= 4 is 18.2 Å². The number of hydrogen-bond donors (Lipinski definition) is 0. The van der Waals surface area contributed by atoms with E-state index in [1.807, 2.05) is 37.3 Å². The highest BCUT2D eigenvalue weighted by Gasteiger charge is 1.96. The number of benzene rings is 2. The van der Waals surface area contributed by atoms with Crippen LogP contribution in [0.1, 0.15) is 23.6 Å². The Morgan fingerprint density at radius 1 is 0.548 bits per heavy atom. The van der Waals surface area contributed by atoms with Crippen LogP contribution < -0.4 is 4.74 Å². The Bertz CT molecular complexity index is 750. The number of hydrogen-bond acceptors (Lipinski definition) is 5. The summed E-state index contributed by atoms with van der Waals surface area (Å²) in [5.74, 6) is 0.834. The van der Waals surface area contributed by atoms with E-state index in [0.29, 0.717) is 52.9 Å². The Balaban J connectivity index is 1.55. The molecule has 0 saturated carbocycles. The minimum atomic E-state index is 0.508. The number of rotatable bonds is 16. The lowest BCUT2D eigenvalue weighted by Gasteiger charge is -2.08. The summed E-state index contributed by atoms with van der Waals surface area (Å²) in [4.78, 5) is 0. The minimum Gasteiger partial charge on any atom is -0.491 e. The maximum Gasteiger partial charge on any atom is 0.119 e. The predicted molar refractivity (Wildman–Crippen MR) is 126 cm³/mol. The molecular weight excluding hydrogens is 392 g/mol. The summed E-state index contributed by atoms with van der Waals surface area (Å²) in [6, 6.07) is 16.5. The maximum absolute atomic E-state index is 5.71. The van der Waals surface area contributed by atoms with E-state index in [1.54, 1.807) is 7.11 Å². The molecule has 0 N–H and O–H groups in total. The van der Waals surface area contributed by atoms with Crippen LogP contribution in [0.15, 0.2) is 54.6 Å². The van der Waals surface area contributed by atoms with E-state index in [1.165, 1.54) is 11.1 Å². The molecule has 0 aromatic heterocycles. The van der Waals surface area contributed by atoms with Gasteiger partial charge in [0.05, 0.1) is 46.2 Å². The third kappa shape index (κ3) is 11.5. The van der Waals surface area contributed by atoms with E-state index in [4.69, 9.17) is 23.7 Å². The zero-order valence-electron chi connectivity index (χ0n) is 18.6. The highest BCUT2D eigenvalue weighted by atomic mass is 16.6. The van der Waals surface area contributed by atoms with Gasteiger partial charge in [-0.2, -0.15) is 0 Å². The number of allylic oxidation sites excluding steroid dienone is 1. The molecule has 2 aromatic carbocycles. The smallest absolute Gasteiger partial charge is 0.119 e. The molecule has 0 spiro atoms. The first-order valence-corrected chi connectivity index (χ1v) is 10.7. The van der Waals surface area contributed by atoms with Crippen LogP contribution >= 0.6 is 0 Å². The van der Waals surface area contributed by atoms with E-state index in [9.17, 15) is 0 Å². The molecule has 0 atom stereocenters. The first-order valence-electron chi connectivity index (χ1n) is 10.7. The largest absolute Gasteiger partial charge is 0.491 e. The van der Waals surface area contributed by atoms with Crippen molar-refractivity contribution in [2.75, 3.05) is 60.0 Å². The lowest BCUT2D eigenvalue weighted by Crippen LogP contribution is -2.13. The van der Waals surface area contributed by atoms with Crippen molar-refractivity contribution in [3.8, 4) is 5.75 Å². The van der Waals surface area contributed by atoms with Crippen molar-refractivity contribution < 1.29 is 23.7 Å². The molecule has 2 aromatic rings. The van der Waals surface area contributed by atoms with Gasteiger partial charge in [0, 0.05) is 7.11 Å². The van der Waals surface area contributed by atoms with Gasteiger partial charge in [-0.3, -0.25) is 0 Å². The summed E-state index contributed by atoms with van der Waals surface area (Å²) >= 11 is 0. The zero-order valence-corrected chi connectivity index (χ0v) is 18.6. The van der Waals surface area contributed by atoms with Crippen molar-refractivity contribution in [2.24, 2.45) is 0 Å². The fourth-order valence-electron chi connectivity index (χ4n) is 2.68. The van der Waals surface area contributed by atoms with Gasteiger partial charge in [-0.25, -0.2) is 0 Å². The third-order valence-corrected chi connectivity index (χ3v) is 4.32. The van der Waals surface area contributed by atoms with Gasteiger partial charge in [-0.05, 0) is 35.7 Å². The van der Waals surface area contributed by atoms with Crippen molar-refractivity contribution in [1.82, 2.24) is 0 Å². The Kier molecular flexibility index (Phi) is 13.0. The molecule has 0 amide bonds. The highest BCUT2D eigenvalue weighted by Crippen LogP contribution is 2.15. The average Bonchev–Trinajstić information content (AvgIpc) is 2.80. The Morgan fingerprint density at radius 2 is 0.968 bits per heavy atom. The predicted octanol–water partition coefficient (Wildman–Crippen LogP) is 4.97. The summed E-state index contributed by atoms with van der Waals surface area (Å²) in [5.41, 5.74) is 3.51. The van der Waals surface area contributed by atoms with Gasteiger partial charge in [0.25, 0.3) is 0 Å². The third-order valence-electron chi connectivity index (χ3n) is 4.32. The molecule has 5 nitrogen and oxygen atoms in total. The molecule has 5 heteroatoms. The van der Waals surface area contributed by atoms with E-state index in [0.717, 1.165) is 11.3 Å². The topological polar surface area (TPSA) is 46.2 Å². The van der Waals surface area contributed by atoms with E-state index in [-0.39, 0.29) is 0 Å². The van der Waals surface area contributed by atoms with Crippen LogP contribution in [0.4, 0.5) is 0 Å². The number of methoxy groups -OCH3 is 1. The number of ether oxygens (including phenoxy) is 5. The van der Waals surface area contributed by atoms with Gasteiger partial charge in [0.2, 0.25) is 0 Å². The monoisotopic (exact) mass is 426 g/mol. The molecule has 0 aliphatic rings. The second kappa shape index (κ2) is 16.3. The fraction of sp³-hybridized carbons (Fsp3) is 0.385. The van der Waals surface area contributed by atoms with Crippen molar-refractivity contribution in [2.45, 2.75) is 6.92 Å². The molecular formula is C26H34O5. The summed E-state index contributed by atoms with van der Waals surface area (Å²) in [7, 11) is 1.65. The summed E-state index contributed by atoms with van der Waals surface area (Å²) in [6.07, 6.45) is 8.34. The summed E-state index contributed by atoms with van der Waals surface area (Å²) in [5, 5.41) is 0. The van der Waals surface area contributed by atoms with Gasteiger partial charge in [0.1, 0.15) is 12.4 Å². The van der Waals surface area contributed by atoms with Crippen molar-refractivity contribution in [3.63, 3.8) is 0 Å². The molecule has 0 aliphatic carbocycles. The normalized spacial score (nSPS) is 11.5. The van der Waals surface area contributed by atoms with Crippen molar-refractivity contribution in [3.05, 3.63) is 71.3 Å². The van der Waals surface area contributed by atoms with E-state index < -0.39 is 0 Å². The Labute approximate surface area is 186 Å². The van der Waals surface area contributed by atoms with Gasteiger partial charge in [-0.1, -0.05) is 60.7 Å². The molecule has 0 aliphatic heterocycles. The van der Waals surface area contributed by atoms with Gasteiger partial charge in [-0.15, -0.1) is 0 Å². The zero-order chi connectivity index (χ0) is 22.0. The van der Waals surface area contributed by atoms with E-state index in [2.05, 4.69) is 42.5 Å². The van der Waals surface area contributed by atoms with Crippen LogP contribution in [-0.4, -0.2) is 60.0 Å². The second-order valence-corrected chi connectivity index (χ2v) is 6.75. The molecule has 0 heterocycles. The molecule has 0 radical (unpaired) electrons. The molecule has 31 heavy (non-hydrogen) atoms. The van der Waals surface area contributed by atoms with Crippen LogP contribution in [0.25, 0.3) is 18.2 Å². The van der Waals surface area contributed by atoms with Crippen LogP contribution in [0, 0.1) is 0 Å². The first-order chi connectivity index (χ1) is 15.3. The summed E-state index contributed by atoms with van der Waals surface area (Å²) < 4.78 is 26.9. The molecule has 0 saturated heterocycles. The summed E-state index contributed by atoms with van der Waals surface area (Å²) in [6.45, 7) is 6.48. The van der Waals surface area contributed by atoms with Crippen LogP contribution in [-0.2, 0) is 18.9 Å². The quantitative estimate of drug-likeness (QED) is 0.280. The van der Waals surface area contributed by atoms with Crippen LogP contribution in [0.2, 0.25) is 0 Å². The lowest BCUT2D eigenvalue weighted by molar-refractivity contribution is 0.000164. The highest BCUT2D eigenvalue weighted by molar-refractivity contribution is 5.70. The van der Waals surface area contributed by atoms with Gasteiger partial charge >= 0.3 is 0 Å². The van der Waals surface area contributed by atoms with Gasteiger partial charge < -0.3 is 23.7 Å². The minimum absolute atomic E-state index is 0.508. The van der Waals surface area contributed by atoms with Crippen molar-refractivity contribution in [1.29, 1.82) is 0 Å². The van der Waals surface area contributed by atoms with Crippen LogP contribution in [0.3, 0.4) is 0 Å². The first kappa shape index (κ1) is 24.8. The SMILES string of the molecule is CC=Cc1ccc(C=Cc2ccc(OCCOCCOCCOCCOC)cc2)cc1. The Hall–Kier alpha value is -2.44. The van der Waals surface area contributed by atoms with E-state index >= 15 is 0 Å². The molecule has 0 unspecified atom stereocenters. The fourth-order valence-corrected chi connectivity index (χ4v) is 2.68. The lowest BCUT2D eigenvalue weighted by atomic mass is 10.1. The molecule has 0 bridgehead atoms. The maximum atomic E-state index is 5.71. The Morgan fingerprint density at radius 3 is 1.45 bits per heavy atom. The van der Waals surface area contributed by atoms with Gasteiger partial charge in [0.15, 0.2) is 0 Å². The molecule has 168 valence electrons. The second-order valence-electron chi connectivity index (χ2n) is 6.75. The average molecular weight is 427 g/mol. The van der Waals surface area contributed by atoms with Crippen LogP contribution in [0.5, 0.6) is 5.75 Å². The molecule has 2 rings (SSSR count). The molecule has 0 fully saturated rings.